The van der Waals surface area contributed by atoms with Crippen LogP contribution in [0.25, 0.3) is 0 Å². The number of carbonyl (C=O) groups is 1. The number of nitrogens with two attached hydrogens (primary N) is 1. The minimum atomic E-state index is -0.175. The van der Waals surface area contributed by atoms with E-state index in [0.717, 1.165) is 32.6 Å². The second-order valence-corrected chi connectivity index (χ2v) is 4.26. The van der Waals surface area contributed by atoms with Gasteiger partial charge in [-0.3, -0.25) is 14.4 Å². The summed E-state index contributed by atoms with van der Waals surface area (Å²) in [5.74, 6) is -0.149. The molecule has 1 aliphatic heterocycles. The van der Waals surface area contributed by atoms with E-state index in [9.17, 15) is 4.79 Å². The summed E-state index contributed by atoms with van der Waals surface area (Å²) in [5.41, 5.74) is 6.51. The maximum Gasteiger partial charge on any atom is 0.221 e. The van der Waals surface area contributed by atoms with Gasteiger partial charge in [0.05, 0.1) is 11.6 Å². The van der Waals surface area contributed by atoms with Gasteiger partial charge < -0.3 is 5.73 Å². The number of aromatic nitrogens is 2. The number of primary amides is 1. The summed E-state index contributed by atoms with van der Waals surface area (Å²) in [6.07, 6.45) is 2.70. The summed E-state index contributed by atoms with van der Waals surface area (Å²) in [4.78, 5) is 13.3. The van der Waals surface area contributed by atoms with Gasteiger partial charge in [-0.1, -0.05) is 0 Å². The van der Waals surface area contributed by atoms with E-state index in [1.807, 2.05) is 16.9 Å². The third-order valence-corrected chi connectivity index (χ3v) is 3.16. The van der Waals surface area contributed by atoms with Gasteiger partial charge in [-0.25, -0.2) is 0 Å². The molecule has 1 aromatic rings. The highest BCUT2D eigenvalue weighted by Crippen LogP contribution is 2.18. The summed E-state index contributed by atoms with van der Waals surface area (Å²) in [7, 11) is 0. The molecule has 1 aromatic heterocycles. The van der Waals surface area contributed by atoms with E-state index in [1.165, 1.54) is 5.69 Å². The molecular formula is C11H18N4O. The third-order valence-electron chi connectivity index (χ3n) is 3.16. The number of rotatable bonds is 4. The molecule has 0 aromatic carbocycles. The van der Waals surface area contributed by atoms with Gasteiger partial charge in [0, 0.05) is 25.8 Å². The van der Waals surface area contributed by atoms with Gasteiger partial charge in [0.2, 0.25) is 5.91 Å². The van der Waals surface area contributed by atoms with Crippen LogP contribution < -0.4 is 5.73 Å². The molecule has 88 valence electrons. The molecule has 5 heteroatoms. The summed E-state index contributed by atoms with van der Waals surface area (Å²) >= 11 is 0. The molecule has 1 atom stereocenters. The summed E-state index contributed by atoms with van der Waals surface area (Å²) < 4.78 is 1.98. The fourth-order valence-electron chi connectivity index (χ4n) is 2.22. The van der Waals surface area contributed by atoms with Crippen molar-refractivity contribution in [2.45, 2.75) is 26.4 Å². The highest BCUT2D eigenvalue weighted by molar-refractivity contribution is 5.77. The third kappa shape index (κ3) is 2.24. The number of carbonyl (C=O) groups excluding carboxylic acids is 1. The fraction of sp³-hybridized carbons (Fsp3) is 0.636. The average Bonchev–Trinajstić information content (AvgIpc) is 2.87. The molecule has 0 aliphatic carbocycles. The van der Waals surface area contributed by atoms with Gasteiger partial charge in [-0.05, 0) is 26.0 Å². The van der Waals surface area contributed by atoms with E-state index in [2.05, 4.69) is 16.9 Å². The van der Waals surface area contributed by atoms with Crippen LogP contribution in [0.3, 0.4) is 0 Å². The molecule has 5 nitrogen and oxygen atoms in total. The smallest absolute Gasteiger partial charge is 0.221 e. The minimum Gasteiger partial charge on any atom is -0.369 e. The molecule has 1 amide bonds. The minimum absolute atomic E-state index is 0.0259. The number of likely N-dealkylation sites (tertiary alicyclic amines) is 1. The number of aryl methyl sites for hydroxylation is 1. The Hall–Kier alpha value is -1.36. The molecule has 2 rings (SSSR count). The van der Waals surface area contributed by atoms with Crippen LogP contribution in [-0.4, -0.2) is 33.7 Å². The maximum atomic E-state index is 11.1. The Balaban J connectivity index is 1.94. The lowest BCUT2D eigenvalue weighted by Gasteiger charge is -2.15. The Morgan fingerprint density at radius 2 is 2.50 bits per heavy atom. The Labute approximate surface area is 95.2 Å². The number of hydrogen-bond acceptors (Lipinski definition) is 3. The molecule has 0 spiro atoms. The van der Waals surface area contributed by atoms with Crippen molar-refractivity contribution in [3.8, 4) is 0 Å². The van der Waals surface area contributed by atoms with Crippen LogP contribution in [0.4, 0.5) is 0 Å². The first-order chi connectivity index (χ1) is 7.70. The maximum absolute atomic E-state index is 11.1. The predicted molar refractivity (Wildman–Crippen MR) is 60.5 cm³/mol. The van der Waals surface area contributed by atoms with Crippen molar-refractivity contribution in [3.63, 3.8) is 0 Å². The van der Waals surface area contributed by atoms with E-state index in [-0.39, 0.29) is 11.8 Å². The standard InChI is InChI=1S/C11H18N4O/c1-2-15-10(3-5-13-15)8-14-6-4-9(7-14)11(12)16/h3,5,9H,2,4,6-8H2,1H3,(H2,12,16). The second kappa shape index (κ2) is 4.65. The Morgan fingerprint density at radius 1 is 1.69 bits per heavy atom. The first-order valence-electron chi connectivity index (χ1n) is 5.73. The van der Waals surface area contributed by atoms with Crippen molar-refractivity contribution in [2.75, 3.05) is 13.1 Å². The molecule has 1 fully saturated rings. The zero-order chi connectivity index (χ0) is 11.5. The highest BCUT2D eigenvalue weighted by Gasteiger charge is 2.26. The second-order valence-electron chi connectivity index (χ2n) is 4.26. The van der Waals surface area contributed by atoms with Crippen LogP contribution in [0.15, 0.2) is 12.3 Å². The van der Waals surface area contributed by atoms with Gasteiger partial charge in [0.25, 0.3) is 0 Å². The lowest BCUT2D eigenvalue weighted by Crippen LogP contribution is -2.27. The molecule has 0 bridgehead atoms. The zero-order valence-electron chi connectivity index (χ0n) is 9.59. The Bertz CT molecular complexity index is 374. The molecule has 1 unspecified atom stereocenters. The van der Waals surface area contributed by atoms with Gasteiger partial charge in [0.1, 0.15) is 0 Å². The molecular weight excluding hydrogens is 204 g/mol. The molecule has 16 heavy (non-hydrogen) atoms. The largest absolute Gasteiger partial charge is 0.369 e. The van der Waals surface area contributed by atoms with Crippen molar-refractivity contribution in [2.24, 2.45) is 11.7 Å². The Kier molecular flexibility index (Phi) is 3.24. The summed E-state index contributed by atoms with van der Waals surface area (Å²) in [6, 6.07) is 2.03. The lowest BCUT2D eigenvalue weighted by atomic mass is 10.1. The monoisotopic (exact) mass is 222 g/mol. The van der Waals surface area contributed by atoms with Gasteiger partial charge in [-0.15, -0.1) is 0 Å². The number of amides is 1. The van der Waals surface area contributed by atoms with Crippen molar-refractivity contribution >= 4 is 5.91 Å². The van der Waals surface area contributed by atoms with Crippen molar-refractivity contribution in [1.82, 2.24) is 14.7 Å². The summed E-state index contributed by atoms with van der Waals surface area (Å²) in [6.45, 7) is 5.55. The highest BCUT2D eigenvalue weighted by atomic mass is 16.1. The van der Waals surface area contributed by atoms with Gasteiger partial charge in [0.15, 0.2) is 0 Å². The molecule has 1 saturated heterocycles. The normalized spacial score (nSPS) is 21.4. The van der Waals surface area contributed by atoms with Gasteiger partial charge >= 0.3 is 0 Å². The van der Waals surface area contributed by atoms with Crippen LogP contribution in [0, 0.1) is 5.92 Å². The van der Waals surface area contributed by atoms with Crippen LogP contribution in [0.5, 0.6) is 0 Å². The Morgan fingerprint density at radius 3 is 3.12 bits per heavy atom. The molecule has 0 radical (unpaired) electrons. The quantitative estimate of drug-likeness (QED) is 0.792. The van der Waals surface area contributed by atoms with E-state index in [0.29, 0.717) is 0 Å². The predicted octanol–water partition coefficient (Wildman–Crippen LogP) is 0.210. The van der Waals surface area contributed by atoms with E-state index >= 15 is 0 Å². The van der Waals surface area contributed by atoms with E-state index in [1.54, 1.807) is 0 Å². The molecule has 2 N–H and O–H groups in total. The zero-order valence-corrected chi connectivity index (χ0v) is 9.59. The molecule has 0 saturated carbocycles. The lowest BCUT2D eigenvalue weighted by molar-refractivity contribution is -0.121. The SMILES string of the molecule is CCn1nccc1CN1CCC(C(N)=O)C1. The summed E-state index contributed by atoms with van der Waals surface area (Å²) in [5, 5.41) is 4.23. The molecule has 2 heterocycles. The average molecular weight is 222 g/mol. The van der Waals surface area contributed by atoms with Crippen LogP contribution >= 0.6 is 0 Å². The number of hydrogen-bond donors (Lipinski definition) is 1. The van der Waals surface area contributed by atoms with Gasteiger partial charge in [-0.2, -0.15) is 5.10 Å². The van der Waals surface area contributed by atoms with Crippen molar-refractivity contribution < 1.29 is 4.79 Å². The van der Waals surface area contributed by atoms with Crippen molar-refractivity contribution in [3.05, 3.63) is 18.0 Å². The first kappa shape index (κ1) is 11.1. The molecule has 1 aliphatic rings. The van der Waals surface area contributed by atoms with Crippen LogP contribution in [0.2, 0.25) is 0 Å². The first-order valence-corrected chi connectivity index (χ1v) is 5.73. The topological polar surface area (TPSA) is 64.2 Å². The van der Waals surface area contributed by atoms with E-state index < -0.39 is 0 Å². The number of nitrogens with zero attached hydrogens (tertiary/aromatic N) is 3. The van der Waals surface area contributed by atoms with E-state index in [4.69, 9.17) is 5.73 Å². The fourth-order valence-corrected chi connectivity index (χ4v) is 2.22. The van der Waals surface area contributed by atoms with Crippen LogP contribution in [-0.2, 0) is 17.9 Å². The van der Waals surface area contributed by atoms with Crippen molar-refractivity contribution in [1.29, 1.82) is 0 Å². The van der Waals surface area contributed by atoms with Crippen LogP contribution in [0.1, 0.15) is 19.0 Å².